The van der Waals surface area contributed by atoms with Crippen LogP contribution in [-0.4, -0.2) is 36.9 Å². The first-order valence-corrected chi connectivity index (χ1v) is 5.18. The molecule has 0 aromatic heterocycles. The van der Waals surface area contributed by atoms with Gasteiger partial charge < -0.3 is 10.2 Å². The van der Waals surface area contributed by atoms with Gasteiger partial charge in [0.05, 0.1) is 0 Å². The second kappa shape index (κ2) is 5.45. The molecular formula is C9H17ClN2O. The largest absolute Gasteiger partial charge is 0.343 e. The van der Waals surface area contributed by atoms with Crippen LogP contribution in [0, 0.1) is 5.92 Å². The molecule has 1 saturated heterocycles. The molecule has 3 nitrogen and oxygen atoms in total. The van der Waals surface area contributed by atoms with E-state index >= 15 is 0 Å². The number of nitrogens with zero attached hydrogens (tertiary/aromatic N) is 1. The fourth-order valence-electron chi connectivity index (χ4n) is 1.88. The van der Waals surface area contributed by atoms with Crippen LogP contribution in [0.2, 0.25) is 0 Å². The molecule has 0 radical (unpaired) electrons. The maximum atomic E-state index is 10.4. The predicted octanol–water partition coefficient (Wildman–Crippen LogP) is 1.67. The van der Waals surface area contributed by atoms with Gasteiger partial charge in [-0.2, -0.15) is 0 Å². The van der Waals surface area contributed by atoms with Crippen molar-refractivity contribution >= 4 is 17.0 Å². The summed E-state index contributed by atoms with van der Waals surface area (Å²) in [6, 6.07) is 0. The van der Waals surface area contributed by atoms with E-state index in [1.165, 1.54) is 19.4 Å². The number of amides is 1. The Morgan fingerprint density at radius 2 is 2.46 bits per heavy atom. The van der Waals surface area contributed by atoms with Crippen molar-refractivity contribution < 1.29 is 4.79 Å². The van der Waals surface area contributed by atoms with E-state index in [1.807, 2.05) is 0 Å². The zero-order valence-electron chi connectivity index (χ0n) is 8.05. The van der Waals surface area contributed by atoms with Gasteiger partial charge in [-0.3, -0.25) is 4.79 Å². The molecule has 0 aromatic carbocycles. The minimum atomic E-state index is -0.441. The highest BCUT2D eigenvalue weighted by Gasteiger charge is 2.16. The van der Waals surface area contributed by atoms with Crippen molar-refractivity contribution in [2.75, 3.05) is 26.7 Å². The van der Waals surface area contributed by atoms with Gasteiger partial charge in [0.15, 0.2) is 0 Å². The van der Waals surface area contributed by atoms with Crippen molar-refractivity contribution in [2.24, 2.45) is 5.92 Å². The second-order valence-corrected chi connectivity index (χ2v) is 4.10. The zero-order chi connectivity index (χ0) is 9.68. The molecule has 76 valence electrons. The Morgan fingerprint density at radius 3 is 3.08 bits per heavy atom. The Labute approximate surface area is 84.4 Å². The van der Waals surface area contributed by atoms with Gasteiger partial charge in [0.25, 0.3) is 0 Å². The molecule has 0 aliphatic carbocycles. The second-order valence-electron chi connectivity index (χ2n) is 3.76. The first kappa shape index (κ1) is 10.8. The van der Waals surface area contributed by atoms with Crippen molar-refractivity contribution in [3.63, 3.8) is 0 Å². The molecule has 1 heterocycles. The lowest BCUT2D eigenvalue weighted by Gasteiger charge is -2.29. The number of likely N-dealkylation sites (tertiary alicyclic amines) is 1. The zero-order valence-corrected chi connectivity index (χ0v) is 8.81. The number of carbonyl (C=O) groups is 1. The van der Waals surface area contributed by atoms with Crippen molar-refractivity contribution in [3.05, 3.63) is 0 Å². The third kappa shape index (κ3) is 4.48. The van der Waals surface area contributed by atoms with Crippen molar-refractivity contribution in [1.29, 1.82) is 0 Å². The standard InChI is InChI=1S/C9H17ClN2O/c1-12-6-2-3-8(7-12)4-5-11-9(10)13/h8H,2-7H2,1H3,(H,11,13). The van der Waals surface area contributed by atoms with Gasteiger partial charge in [0, 0.05) is 13.1 Å². The number of piperidine rings is 1. The number of hydrogen-bond acceptors (Lipinski definition) is 2. The monoisotopic (exact) mass is 204 g/mol. The number of nitrogens with one attached hydrogen (secondary N) is 1. The smallest absolute Gasteiger partial charge is 0.313 e. The molecule has 1 N–H and O–H groups in total. The average Bonchev–Trinajstić information content (AvgIpc) is 2.03. The van der Waals surface area contributed by atoms with E-state index in [4.69, 9.17) is 11.6 Å². The molecule has 0 bridgehead atoms. The Hall–Kier alpha value is -0.280. The van der Waals surface area contributed by atoms with Crippen LogP contribution in [0.3, 0.4) is 0 Å². The van der Waals surface area contributed by atoms with E-state index in [1.54, 1.807) is 0 Å². The molecule has 1 unspecified atom stereocenters. The molecule has 1 amide bonds. The van der Waals surface area contributed by atoms with Crippen LogP contribution in [0.4, 0.5) is 4.79 Å². The third-order valence-electron chi connectivity index (χ3n) is 2.54. The number of rotatable bonds is 3. The third-order valence-corrected chi connectivity index (χ3v) is 2.67. The van der Waals surface area contributed by atoms with E-state index in [0.29, 0.717) is 6.54 Å². The van der Waals surface area contributed by atoms with Crippen LogP contribution in [0.25, 0.3) is 0 Å². The maximum Gasteiger partial charge on any atom is 0.313 e. The van der Waals surface area contributed by atoms with E-state index < -0.39 is 5.37 Å². The summed E-state index contributed by atoms with van der Waals surface area (Å²) in [5, 5.41) is 2.18. The number of hydrogen-bond donors (Lipinski definition) is 1. The molecule has 1 aliphatic rings. The van der Waals surface area contributed by atoms with Gasteiger partial charge in [-0.05, 0) is 50.4 Å². The van der Waals surface area contributed by atoms with Gasteiger partial charge in [-0.25, -0.2) is 0 Å². The van der Waals surface area contributed by atoms with Crippen LogP contribution in [0.1, 0.15) is 19.3 Å². The van der Waals surface area contributed by atoms with Crippen molar-refractivity contribution in [2.45, 2.75) is 19.3 Å². The molecule has 1 aliphatic heterocycles. The molecule has 4 heteroatoms. The predicted molar refractivity (Wildman–Crippen MR) is 54.1 cm³/mol. The minimum Gasteiger partial charge on any atom is -0.343 e. The number of halogens is 1. The molecule has 13 heavy (non-hydrogen) atoms. The van der Waals surface area contributed by atoms with Crippen molar-refractivity contribution in [1.82, 2.24) is 10.2 Å². The van der Waals surface area contributed by atoms with E-state index in [0.717, 1.165) is 18.9 Å². The van der Waals surface area contributed by atoms with Crippen LogP contribution in [0.15, 0.2) is 0 Å². The van der Waals surface area contributed by atoms with Gasteiger partial charge in [-0.1, -0.05) is 0 Å². The van der Waals surface area contributed by atoms with E-state index in [9.17, 15) is 4.79 Å². The maximum absolute atomic E-state index is 10.4. The molecule has 0 aromatic rings. The van der Waals surface area contributed by atoms with Gasteiger partial charge in [0.1, 0.15) is 0 Å². The highest BCUT2D eigenvalue weighted by molar-refractivity contribution is 6.62. The number of carbonyl (C=O) groups excluding carboxylic acids is 1. The summed E-state index contributed by atoms with van der Waals surface area (Å²) in [5.74, 6) is 0.724. The quantitative estimate of drug-likeness (QED) is 0.560. The first-order chi connectivity index (χ1) is 6.18. The van der Waals surface area contributed by atoms with Crippen LogP contribution < -0.4 is 5.32 Å². The van der Waals surface area contributed by atoms with Crippen LogP contribution in [0.5, 0.6) is 0 Å². The van der Waals surface area contributed by atoms with Gasteiger partial charge in [-0.15, -0.1) is 0 Å². The van der Waals surface area contributed by atoms with Gasteiger partial charge >= 0.3 is 5.37 Å². The summed E-state index contributed by atoms with van der Waals surface area (Å²) in [6.07, 6.45) is 3.60. The summed E-state index contributed by atoms with van der Waals surface area (Å²) < 4.78 is 0. The van der Waals surface area contributed by atoms with Crippen LogP contribution >= 0.6 is 11.6 Å². The highest BCUT2D eigenvalue weighted by atomic mass is 35.5. The summed E-state index contributed by atoms with van der Waals surface area (Å²) >= 11 is 5.16. The Bertz CT molecular complexity index is 175. The van der Waals surface area contributed by atoms with Crippen molar-refractivity contribution in [3.8, 4) is 0 Å². The lowest BCUT2D eigenvalue weighted by molar-refractivity contribution is 0.201. The molecular weight excluding hydrogens is 188 g/mol. The first-order valence-electron chi connectivity index (χ1n) is 4.80. The Kier molecular flexibility index (Phi) is 4.53. The Morgan fingerprint density at radius 1 is 1.69 bits per heavy atom. The summed E-state index contributed by atoms with van der Waals surface area (Å²) in [5.41, 5.74) is 0. The van der Waals surface area contributed by atoms with E-state index in [-0.39, 0.29) is 0 Å². The summed E-state index contributed by atoms with van der Waals surface area (Å²) in [7, 11) is 2.15. The summed E-state index contributed by atoms with van der Waals surface area (Å²) in [6.45, 7) is 3.07. The minimum absolute atomic E-state index is 0.441. The topological polar surface area (TPSA) is 32.3 Å². The Balaban J connectivity index is 2.10. The molecule has 1 fully saturated rings. The normalized spacial score (nSPS) is 24.3. The average molecular weight is 205 g/mol. The molecule has 0 saturated carbocycles. The fraction of sp³-hybridized carbons (Fsp3) is 0.889. The van der Waals surface area contributed by atoms with E-state index in [2.05, 4.69) is 17.3 Å². The summed E-state index contributed by atoms with van der Waals surface area (Å²) in [4.78, 5) is 12.7. The molecule has 0 spiro atoms. The van der Waals surface area contributed by atoms with Gasteiger partial charge in [0.2, 0.25) is 0 Å². The lowest BCUT2D eigenvalue weighted by Crippen LogP contribution is -2.33. The van der Waals surface area contributed by atoms with Crippen LogP contribution in [-0.2, 0) is 0 Å². The lowest BCUT2D eigenvalue weighted by atomic mass is 9.95. The SMILES string of the molecule is CN1CCCC(CCNC(=O)Cl)C1. The fourth-order valence-corrected chi connectivity index (χ4v) is 1.98. The molecule has 1 atom stereocenters. The molecule has 1 rings (SSSR count). The highest BCUT2D eigenvalue weighted by Crippen LogP contribution is 2.17.